The number of nitrogens with zero attached hydrogens (tertiary/aromatic N) is 1. The maximum Gasteiger partial charge on any atom is 0.125 e. The highest BCUT2D eigenvalue weighted by molar-refractivity contribution is 6.30. The van der Waals surface area contributed by atoms with E-state index in [-0.39, 0.29) is 24.0 Å². The number of aliphatic hydroxyl groups is 1. The van der Waals surface area contributed by atoms with E-state index in [1.165, 1.54) is 24.0 Å². The average molecular weight is 542 g/mol. The van der Waals surface area contributed by atoms with E-state index in [0.29, 0.717) is 31.5 Å². The fourth-order valence-electron chi connectivity index (χ4n) is 6.55. The Morgan fingerprint density at radius 2 is 1.97 bits per heavy atom. The molecule has 3 aliphatic rings. The van der Waals surface area contributed by atoms with Crippen LogP contribution in [0.5, 0.6) is 5.75 Å². The van der Waals surface area contributed by atoms with Crippen molar-refractivity contribution in [2.75, 3.05) is 13.2 Å². The van der Waals surface area contributed by atoms with Crippen LogP contribution in [0.2, 0.25) is 5.02 Å². The van der Waals surface area contributed by atoms with Gasteiger partial charge in [-0.05, 0) is 80.8 Å². The third-order valence-corrected chi connectivity index (χ3v) is 8.85. The van der Waals surface area contributed by atoms with Crippen molar-refractivity contribution in [3.8, 4) is 5.75 Å². The Labute approximate surface area is 233 Å². The lowest BCUT2D eigenvalue weighted by Gasteiger charge is -2.50. The van der Waals surface area contributed by atoms with Crippen molar-refractivity contribution in [3.63, 3.8) is 0 Å². The minimum atomic E-state index is -0.492. The predicted molar refractivity (Wildman–Crippen MR) is 151 cm³/mol. The maximum absolute atomic E-state index is 10.3. The van der Waals surface area contributed by atoms with Gasteiger partial charge in [0.2, 0.25) is 0 Å². The monoisotopic (exact) mass is 541 g/mol. The van der Waals surface area contributed by atoms with Crippen molar-refractivity contribution in [1.82, 2.24) is 4.90 Å². The molecule has 3 heterocycles. The molecule has 0 aliphatic carbocycles. The summed E-state index contributed by atoms with van der Waals surface area (Å²) in [7, 11) is 0. The molecule has 5 rings (SSSR count). The number of ether oxygens (including phenoxy) is 3. The zero-order chi connectivity index (χ0) is 26.9. The summed E-state index contributed by atoms with van der Waals surface area (Å²) in [5.41, 5.74) is 3.29. The molecule has 208 valence electrons. The summed E-state index contributed by atoms with van der Waals surface area (Å²) < 4.78 is 19.6. The van der Waals surface area contributed by atoms with Crippen LogP contribution >= 0.6 is 11.6 Å². The zero-order valence-corrected chi connectivity index (χ0v) is 24.1. The van der Waals surface area contributed by atoms with Crippen molar-refractivity contribution < 1.29 is 19.3 Å². The predicted octanol–water partition coefficient (Wildman–Crippen LogP) is 6.94. The van der Waals surface area contributed by atoms with Crippen LogP contribution in [0.1, 0.15) is 82.6 Å². The quantitative estimate of drug-likeness (QED) is 0.392. The van der Waals surface area contributed by atoms with Crippen LogP contribution in [-0.2, 0) is 22.4 Å². The summed E-state index contributed by atoms with van der Waals surface area (Å²) in [6.07, 6.45) is 6.10. The van der Waals surface area contributed by atoms with Crippen LogP contribution in [0, 0.1) is 11.8 Å². The van der Waals surface area contributed by atoms with Crippen LogP contribution in [0.3, 0.4) is 0 Å². The molecule has 0 aromatic heterocycles. The van der Waals surface area contributed by atoms with Crippen LogP contribution in [0.25, 0.3) is 0 Å². The Kier molecular flexibility index (Phi) is 8.71. The van der Waals surface area contributed by atoms with Gasteiger partial charge in [0.25, 0.3) is 0 Å². The fraction of sp³-hybridized carbons (Fsp3) is 0.625. The van der Waals surface area contributed by atoms with Gasteiger partial charge in [-0.1, -0.05) is 50.1 Å². The normalized spacial score (nSPS) is 31.5. The van der Waals surface area contributed by atoms with E-state index in [1.807, 2.05) is 18.2 Å². The van der Waals surface area contributed by atoms with E-state index in [2.05, 4.69) is 56.9 Å². The first kappa shape index (κ1) is 27.9. The van der Waals surface area contributed by atoms with Gasteiger partial charge in [0, 0.05) is 36.0 Å². The van der Waals surface area contributed by atoms with E-state index in [4.69, 9.17) is 25.8 Å². The van der Waals surface area contributed by atoms with Gasteiger partial charge < -0.3 is 19.3 Å². The Morgan fingerprint density at radius 1 is 1.13 bits per heavy atom. The highest BCUT2D eigenvalue weighted by Crippen LogP contribution is 2.52. The van der Waals surface area contributed by atoms with Gasteiger partial charge in [-0.25, -0.2) is 0 Å². The molecule has 6 atom stereocenters. The Morgan fingerprint density at radius 3 is 2.76 bits per heavy atom. The molecule has 2 aromatic carbocycles. The Hall–Kier alpha value is -1.63. The molecule has 2 fully saturated rings. The summed E-state index contributed by atoms with van der Waals surface area (Å²) in [5, 5.41) is 11.0. The Balaban J connectivity index is 1.36. The van der Waals surface area contributed by atoms with Gasteiger partial charge >= 0.3 is 0 Å². The second-order valence-electron chi connectivity index (χ2n) is 12.3. The first-order valence-electron chi connectivity index (χ1n) is 14.5. The number of rotatable bonds is 8. The second-order valence-corrected chi connectivity index (χ2v) is 12.8. The van der Waals surface area contributed by atoms with Gasteiger partial charge in [0.15, 0.2) is 0 Å². The highest BCUT2D eigenvalue weighted by Gasteiger charge is 2.49. The number of benzene rings is 2. The minimum Gasteiger partial charge on any atom is -0.487 e. The number of hydrogen-bond donors (Lipinski definition) is 1. The lowest BCUT2D eigenvalue weighted by molar-refractivity contribution is -0.153. The van der Waals surface area contributed by atoms with E-state index < -0.39 is 6.10 Å². The van der Waals surface area contributed by atoms with Crippen molar-refractivity contribution >= 4 is 11.6 Å². The fourth-order valence-corrected chi connectivity index (χ4v) is 6.77. The molecule has 38 heavy (non-hydrogen) atoms. The number of β-amino-alcohol motifs (C(OH)–C–C–N with tert-alkyl or cyclic N) is 1. The standard InChI is InChI=1S/C32H44ClNO4/c1-21(2)7-6-14-32(4)28-12-10-22(3)37-31(28)27-16-23(11-13-29(27)38-32)17-30-34(19-26(35)20-36-30)18-24-8-5-9-25(33)15-24/h5,8-9,11,13,15-16,21-22,26,28,30-31,35H,6-7,10,12,14,17-20H2,1-4H3/t22-,26?,28-,30?,31+,32+/m1/s1. The van der Waals surface area contributed by atoms with E-state index in [1.54, 1.807) is 0 Å². The lowest BCUT2D eigenvalue weighted by atomic mass is 9.72. The van der Waals surface area contributed by atoms with Crippen LogP contribution in [-0.4, -0.2) is 47.2 Å². The molecule has 0 spiro atoms. The molecule has 6 heteroatoms. The van der Waals surface area contributed by atoms with Crippen molar-refractivity contribution in [2.24, 2.45) is 11.8 Å². The number of hydrogen-bond acceptors (Lipinski definition) is 5. The van der Waals surface area contributed by atoms with Crippen LogP contribution in [0.15, 0.2) is 42.5 Å². The first-order valence-corrected chi connectivity index (χ1v) is 14.8. The van der Waals surface area contributed by atoms with E-state index in [0.717, 1.165) is 42.0 Å². The van der Waals surface area contributed by atoms with Crippen molar-refractivity contribution in [1.29, 1.82) is 0 Å². The second kappa shape index (κ2) is 11.9. The first-order chi connectivity index (χ1) is 18.2. The molecule has 2 unspecified atom stereocenters. The summed E-state index contributed by atoms with van der Waals surface area (Å²) in [4.78, 5) is 2.21. The number of aliphatic hydroxyl groups excluding tert-OH is 1. The molecule has 0 amide bonds. The summed E-state index contributed by atoms with van der Waals surface area (Å²) in [5.74, 6) is 2.03. The largest absolute Gasteiger partial charge is 0.487 e. The molecule has 3 aliphatic heterocycles. The van der Waals surface area contributed by atoms with Crippen LogP contribution < -0.4 is 4.74 Å². The molecule has 2 saturated heterocycles. The number of halogens is 1. The average Bonchev–Trinajstić information content (AvgIpc) is 2.86. The molecule has 2 aromatic rings. The summed E-state index contributed by atoms with van der Waals surface area (Å²) in [6.45, 7) is 10.7. The molecule has 0 radical (unpaired) electrons. The topological polar surface area (TPSA) is 51.2 Å². The van der Waals surface area contributed by atoms with Gasteiger partial charge in [0.1, 0.15) is 17.6 Å². The zero-order valence-electron chi connectivity index (χ0n) is 23.4. The lowest BCUT2D eigenvalue weighted by Crippen LogP contribution is -2.50. The Bertz CT molecular complexity index is 1090. The molecular formula is C32H44ClNO4. The van der Waals surface area contributed by atoms with E-state index >= 15 is 0 Å². The van der Waals surface area contributed by atoms with Crippen LogP contribution in [0.4, 0.5) is 0 Å². The van der Waals surface area contributed by atoms with Gasteiger partial charge in [-0.15, -0.1) is 0 Å². The third-order valence-electron chi connectivity index (χ3n) is 8.61. The van der Waals surface area contributed by atoms with E-state index in [9.17, 15) is 5.11 Å². The third kappa shape index (κ3) is 6.39. The van der Waals surface area contributed by atoms with Gasteiger partial charge in [0.05, 0.1) is 24.9 Å². The molecule has 0 saturated carbocycles. The number of fused-ring (bicyclic) bond motifs is 3. The molecule has 5 nitrogen and oxygen atoms in total. The minimum absolute atomic E-state index is 0.0585. The molecule has 1 N–H and O–H groups in total. The maximum atomic E-state index is 10.3. The summed E-state index contributed by atoms with van der Waals surface area (Å²) in [6, 6.07) is 14.5. The van der Waals surface area contributed by atoms with Gasteiger partial charge in [-0.2, -0.15) is 0 Å². The molecule has 0 bridgehead atoms. The van der Waals surface area contributed by atoms with Crippen molar-refractivity contribution in [2.45, 2.75) is 103 Å². The highest BCUT2D eigenvalue weighted by atomic mass is 35.5. The summed E-state index contributed by atoms with van der Waals surface area (Å²) >= 11 is 6.23. The molecular weight excluding hydrogens is 498 g/mol. The van der Waals surface area contributed by atoms with Crippen molar-refractivity contribution in [3.05, 3.63) is 64.2 Å². The van der Waals surface area contributed by atoms with Gasteiger partial charge in [-0.3, -0.25) is 4.90 Å². The smallest absolute Gasteiger partial charge is 0.125 e. The SMILES string of the molecule is CC(C)CCC[C@]1(C)Oc2ccc(CC3OCC(O)CN3Cc3cccc(Cl)c3)cc2[C@@H]2O[C@H](C)CC[C@H]21.